The number of rotatable bonds is 6. The Morgan fingerprint density at radius 3 is 2.29 bits per heavy atom. The van der Waals surface area contributed by atoms with E-state index in [2.05, 4.69) is 15.3 Å². The Hall–Kier alpha value is -5.71. The number of piperidine rings is 1. The molecule has 1 aliphatic heterocycles. The molecule has 0 radical (unpaired) electrons. The molecule has 0 saturated carbocycles. The number of imidazole rings is 1. The van der Waals surface area contributed by atoms with Crippen LogP contribution in [0, 0.1) is 23.3 Å². The van der Waals surface area contributed by atoms with Crippen molar-refractivity contribution in [3.8, 4) is 11.4 Å². The van der Waals surface area contributed by atoms with Gasteiger partial charge in [0.15, 0.2) is 23.1 Å². The molecule has 2 unspecified atom stereocenters. The summed E-state index contributed by atoms with van der Waals surface area (Å²) >= 11 is 0. The van der Waals surface area contributed by atoms with Crippen LogP contribution in [0.25, 0.3) is 39.0 Å². The number of alkyl carbamates (subject to hydrolysis) is 1. The van der Waals surface area contributed by atoms with Crippen LogP contribution in [0.3, 0.4) is 0 Å². The molecule has 5 aromatic rings. The van der Waals surface area contributed by atoms with Crippen LogP contribution in [-0.4, -0.2) is 72.7 Å². The van der Waals surface area contributed by atoms with Crippen LogP contribution in [0.2, 0.25) is 0 Å². The third-order valence-corrected chi connectivity index (χ3v) is 12.2. The van der Waals surface area contributed by atoms with E-state index in [0.29, 0.717) is 24.7 Å². The van der Waals surface area contributed by atoms with E-state index < -0.39 is 67.6 Å². The number of nitrogens with one attached hydrogen (secondary N) is 1. The van der Waals surface area contributed by atoms with Crippen molar-refractivity contribution in [3.63, 3.8) is 0 Å². The number of halogens is 4. The normalized spacial score (nSPS) is 19.1. The van der Waals surface area contributed by atoms with Crippen LogP contribution in [0.5, 0.6) is 0 Å². The van der Waals surface area contributed by atoms with Crippen molar-refractivity contribution in [3.05, 3.63) is 102 Å². The van der Waals surface area contributed by atoms with Gasteiger partial charge in [-0.3, -0.25) is 0 Å². The molecule has 1 saturated heterocycles. The lowest BCUT2D eigenvalue weighted by atomic mass is 9.88. The third kappa shape index (κ3) is 8.04. The number of benzene rings is 2. The van der Waals surface area contributed by atoms with E-state index in [1.165, 1.54) is 25.4 Å². The van der Waals surface area contributed by atoms with E-state index in [4.69, 9.17) is 9.47 Å². The number of fused-ring (bicyclic) bond motifs is 2. The molecule has 12 nitrogen and oxygen atoms in total. The van der Waals surface area contributed by atoms with Crippen molar-refractivity contribution in [2.75, 3.05) is 6.54 Å². The maximum Gasteiger partial charge on any atom is 0.420 e. The van der Waals surface area contributed by atoms with Gasteiger partial charge in [0, 0.05) is 59.4 Å². The maximum atomic E-state index is 15.2. The topological polar surface area (TPSA) is 138 Å². The van der Waals surface area contributed by atoms with E-state index >= 15 is 8.42 Å². The van der Waals surface area contributed by atoms with Crippen molar-refractivity contribution >= 4 is 49.8 Å². The quantitative estimate of drug-likeness (QED) is 0.166. The van der Waals surface area contributed by atoms with Crippen LogP contribution < -0.4 is 5.32 Å². The Balaban J connectivity index is 1.38. The predicted molar refractivity (Wildman–Crippen MR) is 213 cm³/mol. The summed E-state index contributed by atoms with van der Waals surface area (Å²) < 4.78 is 101. The molecule has 4 heterocycles. The Morgan fingerprint density at radius 1 is 0.932 bits per heavy atom. The van der Waals surface area contributed by atoms with Gasteiger partial charge in [-0.15, -0.1) is 0 Å². The Kier molecular flexibility index (Phi) is 10.4. The maximum absolute atomic E-state index is 15.2. The summed E-state index contributed by atoms with van der Waals surface area (Å²) in [6.07, 6.45) is 5.41. The number of hydrogen-bond acceptors (Lipinski definition) is 9. The van der Waals surface area contributed by atoms with Gasteiger partial charge in [-0.25, -0.2) is 54.1 Å². The van der Waals surface area contributed by atoms with Gasteiger partial charge in [0.1, 0.15) is 33.7 Å². The molecular formula is C42H44F4N6O6S. The number of allylic oxidation sites excluding steroid dienone is 2. The summed E-state index contributed by atoms with van der Waals surface area (Å²) in [5.74, 6) is -4.37. The average Bonchev–Trinajstić information content (AvgIpc) is 3.69. The van der Waals surface area contributed by atoms with Crippen molar-refractivity contribution in [2.24, 2.45) is 0 Å². The Labute approximate surface area is 338 Å². The van der Waals surface area contributed by atoms with E-state index in [0.717, 1.165) is 45.6 Å². The molecule has 7 rings (SSSR count). The second-order valence-corrected chi connectivity index (χ2v) is 19.2. The van der Waals surface area contributed by atoms with Crippen molar-refractivity contribution in [1.82, 2.24) is 28.7 Å². The molecule has 0 spiro atoms. The summed E-state index contributed by atoms with van der Waals surface area (Å²) in [5.41, 5.74) is -1.24. The molecule has 1 amide bonds. The Morgan fingerprint density at radius 2 is 1.61 bits per heavy atom. The molecule has 0 bridgehead atoms. The minimum absolute atomic E-state index is 0.0527. The van der Waals surface area contributed by atoms with Gasteiger partial charge in [0.25, 0.3) is 0 Å². The van der Waals surface area contributed by atoms with Crippen LogP contribution >= 0.6 is 0 Å². The highest BCUT2D eigenvalue weighted by Crippen LogP contribution is 2.43. The van der Waals surface area contributed by atoms with Gasteiger partial charge in [-0.1, -0.05) is 12.2 Å². The van der Waals surface area contributed by atoms with E-state index in [9.17, 15) is 27.2 Å². The summed E-state index contributed by atoms with van der Waals surface area (Å²) in [6.45, 7) is 12.0. The number of aromatic nitrogens is 4. The van der Waals surface area contributed by atoms with Crippen molar-refractivity contribution in [2.45, 2.75) is 96.3 Å². The zero-order chi connectivity index (χ0) is 42.8. The first-order valence-electron chi connectivity index (χ1n) is 19.0. The fourth-order valence-electron chi connectivity index (χ4n) is 7.42. The van der Waals surface area contributed by atoms with Crippen LogP contribution in [0.4, 0.5) is 27.2 Å². The minimum atomic E-state index is -4.58. The summed E-state index contributed by atoms with van der Waals surface area (Å²) in [6, 6.07) is 7.69. The standard InChI is InChI=1S/C42H44F4N6O6S/c1-40(2,3)57-38(53)49-35-12-8-9-16-50(35)33-13-14-42(7,22-28(33)24-17-25(43)19-26(44)18-24)59(55,56)51-23-29(27-11-10-15-47-36(27)51)37-48-32-20-30(45)31(46)21-34(32)52(37)39(54)58-41(4,5)6/h10-11,13,15,17-23,35H,8-9,12,14,16H2,1-7H3,(H,49,53). The molecule has 2 aromatic carbocycles. The van der Waals surface area contributed by atoms with Crippen LogP contribution in [-0.2, 0) is 19.5 Å². The number of likely N-dealkylation sites (tertiary alicyclic amines) is 1. The monoisotopic (exact) mass is 836 g/mol. The van der Waals surface area contributed by atoms with Crippen molar-refractivity contribution < 1.29 is 45.0 Å². The minimum Gasteiger partial charge on any atom is -0.444 e. The number of pyridine rings is 1. The fraction of sp³-hybridized carbons (Fsp3) is 0.381. The number of hydrogen-bond donors (Lipinski definition) is 1. The molecule has 1 aliphatic carbocycles. The first-order valence-corrected chi connectivity index (χ1v) is 20.5. The average molecular weight is 837 g/mol. The second-order valence-electron chi connectivity index (χ2n) is 16.9. The summed E-state index contributed by atoms with van der Waals surface area (Å²) in [5, 5.41) is 3.14. The lowest BCUT2D eigenvalue weighted by Gasteiger charge is -2.42. The molecular weight excluding hydrogens is 793 g/mol. The first-order chi connectivity index (χ1) is 27.5. The molecule has 1 N–H and O–H groups in total. The lowest BCUT2D eigenvalue weighted by Crippen LogP contribution is -2.52. The van der Waals surface area contributed by atoms with Crippen molar-refractivity contribution in [1.29, 1.82) is 0 Å². The first kappa shape index (κ1) is 41.4. The van der Waals surface area contributed by atoms with Gasteiger partial charge >= 0.3 is 12.2 Å². The highest BCUT2D eigenvalue weighted by Gasteiger charge is 2.44. The zero-order valence-electron chi connectivity index (χ0n) is 33.6. The molecule has 59 heavy (non-hydrogen) atoms. The fourth-order valence-corrected chi connectivity index (χ4v) is 9.04. The number of ether oxygens (including phenoxy) is 2. The molecule has 312 valence electrons. The van der Waals surface area contributed by atoms with Crippen LogP contribution in [0.15, 0.2) is 72.7 Å². The van der Waals surface area contributed by atoms with Gasteiger partial charge in [-0.05, 0) is 104 Å². The van der Waals surface area contributed by atoms with Gasteiger partial charge in [-0.2, -0.15) is 0 Å². The number of carbonyl (C=O) groups is 2. The number of nitrogens with zero attached hydrogens (tertiary/aromatic N) is 5. The van der Waals surface area contributed by atoms with E-state index in [1.54, 1.807) is 59.8 Å². The van der Waals surface area contributed by atoms with E-state index in [-0.39, 0.29) is 51.0 Å². The summed E-state index contributed by atoms with van der Waals surface area (Å²) in [7, 11) is -4.58. The lowest BCUT2D eigenvalue weighted by molar-refractivity contribution is 0.0412. The molecule has 3 aromatic heterocycles. The zero-order valence-corrected chi connectivity index (χ0v) is 34.4. The van der Waals surface area contributed by atoms with Gasteiger partial charge in [0.05, 0.1) is 11.0 Å². The number of carbonyl (C=O) groups excluding carboxylic acids is 2. The Bertz CT molecular complexity index is 2670. The molecule has 2 aliphatic rings. The van der Waals surface area contributed by atoms with Gasteiger partial charge < -0.3 is 19.7 Å². The third-order valence-electron chi connectivity index (χ3n) is 9.99. The van der Waals surface area contributed by atoms with Crippen LogP contribution in [0.1, 0.15) is 79.7 Å². The SMILES string of the molecule is CC(C)(C)OC(=O)NC1CCCCN1C1=CCC(C)(S(=O)(=O)n2cc(-c3nc4cc(F)c(F)cc4n3C(=O)OC(C)(C)C)c3cccnc32)C=C1c1cc(F)cc(F)c1. The van der Waals surface area contributed by atoms with E-state index in [1.807, 2.05) is 4.90 Å². The molecule has 2 atom stereocenters. The number of amides is 1. The largest absolute Gasteiger partial charge is 0.444 e. The van der Waals surface area contributed by atoms with Gasteiger partial charge in [0.2, 0.25) is 10.0 Å². The highest BCUT2D eigenvalue weighted by atomic mass is 32.2. The molecule has 1 fully saturated rings. The second kappa shape index (κ2) is 14.8. The highest BCUT2D eigenvalue weighted by molar-refractivity contribution is 7.91. The predicted octanol–water partition coefficient (Wildman–Crippen LogP) is 9.04. The molecule has 17 heteroatoms. The summed E-state index contributed by atoms with van der Waals surface area (Å²) in [4.78, 5) is 37.4. The smallest absolute Gasteiger partial charge is 0.420 e.